The Morgan fingerprint density at radius 2 is 2.00 bits per heavy atom. The summed E-state index contributed by atoms with van der Waals surface area (Å²) in [4.78, 5) is 9.74. The first-order valence-corrected chi connectivity index (χ1v) is 5.06. The van der Waals surface area contributed by atoms with Crippen molar-refractivity contribution in [2.75, 3.05) is 6.61 Å². The van der Waals surface area contributed by atoms with Gasteiger partial charge in [-0.05, 0) is 5.92 Å². The van der Waals surface area contributed by atoms with Crippen LogP contribution in [0, 0.1) is 5.92 Å². The fourth-order valence-electron chi connectivity index (χ4n) is 0.420. The van der Waals surface area contributed by atoms with E-state index >= 15 is 0 Å². The summed E-state index contributed by atoms with van der Waals surface area (Å²) in [7, 11) is -4.02. The third-order valence-electron chi connectivity index (χ3n) is 1.13. The van der Waals surface area contributed by atoms with E-state index in [1.165, 1.54) is 0 Å². The summed E-state index contributed by atoms with van der Waals surface area (Å²) in [6.45, 7) is 6.59. The molecule has 0 aromatic heterocycles. The number of amides is 1. The Morgan fingerprint density at radius 3 is 2.29 bits per heavy atom. The van der Waals surface area contributed by atoms with Gasteiger partial charge >= 0.3 is 39.7 Å². The maximum atomic E-state index is 11.1. The molecule has 0 atom stereocenters. The van der Waals surface area contributed by atoms with Crippen LogP contribution in [-0.4, -0.2) is 20.9 Å². The summed E-state index contributed by atoms with van der Waals surface area (Å²) < 4.78 is 26.6. The summed E-state index contributed by atoms with van der Waals surface area (Å²) in [5.41, 5.74) is 4.73. The smallest absolute Gasteiger partial charge is 1.00 e. The van der Waals surface area contributed by atoms with E-state index in [0.717, 1.165) is 0 Å². The molecule has 7 heteroatoms. The largest absolute Gasteiger partial charge is 1.00 e. The van der Waals surface area contributed by atoms with E-state index in [9.17, 15) is 13.2 Å². The van der Waals surface area contributed by atoms with Crippen molar-refractivity contribution in [2.45, 2.75) is 13.8 Å². The third kappa shape index (κ3) is 5.77. The SMILES string of the molecule is C=C(C(N)=O)S(=O)(=O)OCC(C)C.[H-].[Na+]. The molecule has 0 fully saturated rings. The quantitative estimate of drug-likeness (QED) is 0.312. The molecule has 0 aliphatic heterocycles. The maximum absolute atomic E-state index is 11.1. The van der Waals surface area contributed by atoms with E-state index in [-0.39, 0.29) is 43.5 Å². The average Bonchev–Trinajstić information content (AvgIpc) is 1.99. The first kappa shape index (κ1) is 16.5. The topological polar surface area (TPSA) is 86.5 Å². The minimum Gasteiger partial charge on any atom is -1.00 e. The summed E-state index contributed by atoms with van der Waals surface area (Å²) in [6, 6.07) is 0. The van der Waals surface area contributed by atoms with Gasteiger partial charge in [-0.1, -0.05) is 20.4 Å². The van der Waals surface area contributed by atoms with Gasteiger partial charge in [-0.2, -0.15) is 8.42 Å². The van der Waals surface area contributed by atoms with Crippen molar-refractivity contribution in [2.24, 2.45) is 11.7 Å². The average molecular weight is 231 g/mol. The molecule has 2 N–H and O–H groups in total. The zero-order chi connectivity index (χ0) is 10.6. The summed E-state index contributed by atoms with van der Waals surface area (Å²) in [5.74, 6) is -1.04. The van der Waals surface area contributed by atoms with Gasteiger partial charge in [0.1, 0.15) is 0 Å². The second-order valence-electron chi connectivity index (χ2n) is 2.92. The van der Waals surface area contributed by atoms with Gasteiger partial charge < -0.3 is 7.16 Å². The van der Waals surface area contributed by atoms with Gasteiger partial charge in [0.15, 0.2) is 4.91 Å². The molecular formula is C7H14NNaO4S. The molecule has 1 amide bonds. The second kappa shape index (κ2) is 6.58. The molecule has 0 heterocycles. The molecule has 14 heavy (non-hydrogen) atoms. The number of nitrogens with two attached hydrogens (primary N) is 1. The van der Waals surface area contributed by atoms with Crippen molar-refractivity contribution in [1.82, 2.24) is 0 Å². The molecule has 0 spiro atoms. The van der Waals surface area contributed by atoms with Crippen molar-refractivity contribution in [3.05, 3.63) is 11.5 Å². The van der Waals surface area contributed by atoms with Crippen molar-refractivity contribution in [3.63, 3.8) is 0 Å². The van der Waals surface area contributed by atoms with Crippen LogP contribution < -0.4 is 35.3 Å². The van der Waals surface area contributed by atoms with Gasteiger partial charge in [-0.3, -0.25) is 8.98 Å². The van der Waals surface area contributed by atoms with Gasteiger partial charge in [-0.15, -0.1) is 0 Å². The first-order valence-electron chi connectivity index (χ1n) is 3.65. The number of hydrogen-bond donors (Lipinski definition) is 1. The van der Waals surface area contributed by atoms with E-state index in [1.807, 2.05) is 0 Å². The first-order chi connectivity index (χ1) is 5.77. The molecule has 0 bridgehead atoms. The zero-order valence-electron chi connectivity index (χ0n) is 9.61. The normalized spacial score (nSPS) is 10.8. The molecule has 0 saturated heterocycles. The predicted octanol–water partition coefficient (Wildman–Crippen LogP) is -2.90. The molecule has 0 rings (SSSR count). The Bertz CT molecular complexity index is 315. The fraction of sp³-hybridized carbons (Fsp3) is 0.571. The van der Waals surface area contributed by atoms with Crippen LogP contribution in [0.2, 0.25) is 0 Å². The number of carbonyl (C=O) groups excluding carboxylic acids is 1. The Labute approximate surface area is 108 Å². The van der Waals surface area contributed by atoms with E-state index in [4.69, 9.17) is 5.73 Å². The van der Waals surface area contributed by atoms with Gasteiger partial charge in [0.05, 0.1) is 6.61 Å². The van der Waals surface area contributed by atoms with Crippen LogP contribution in [0.25, 0.3) is 0 Å². The molecule has 0 aliphatic rings. The number of hydrogen-bond acceptors (Lipinski definition) is 4. The van der Waals surface area contributed by atoms with Crippen molar-refractivity contribution in [1.29, 1.82) is 0 Å². The van der Waals surface area contributed by atoms with Crippen LogP contribution in [0.3, 0.4) is 0 Å². The summed E-state index contributed by atoms with van der Waals surface area (Å²) in [5, 5.41) is 0. The van der Waals surface area contributed by atoms with E-state index in [2.05, 4.69) is 10.8 Å². The molecule has 0 aromatic carbocycles. The molecule has 0 saturated carbocycles. The van der Waals surface area contributed by atoms with Gasteiger partial charge in [-0.25, -0.2) is 0 Å². The summed E-state index contributed by atoms with van der Waals surface area (Å²) >= 11 is 0. The van der Waals surface area contributed by atoms with Crippen LogP contribution in [-0.2, 0) is 19.1 Å². The second-order valence-corrected chi connectivity index (χ2v) is 4.56. The van der Waals surface area contributed by atoms with Crippen LogP contribution >= 0.6 is 0 Å². The predicted molar refractivity (Wildman–Crippen MR) is 49.2 cm³/mol. The van der Waals surface area contributed by atoms with E-state index in [1.54, 1.807) is 13.8 Å². The van der Waals surface area contributed by atoms with Crippen molar-refractivity contribution < 1.29 is 48.4 Å². The summed E-state index contributed by atoms with van der Waals surface area (Å²) in [6.07, 6.45) is 0. The van der Waals surface area contributed by atoms with Crippen LogP contribution in [0.5, 0.6) is 0 Å². The van der Waals surface area contributed by atoms with Crippen molar-refractivity contribution >= 4 is 16.0 Å². The van der Waals surface area contributed by atoms with E-state index < -0.39 is 20.9 Å². The number of rotatable bonds is 5. The monoisotopic (exact) mass is 231 g/mol. The van der Waals surface area contributed by atoms with Crippen LogP contribution in [0.15, 0.2) is 11.5 Å². The van der Waals surface area contributed by atoms with Crippen LogP contribution in [0.1, 0.15) is 15.3 Å². The Kier molecular flexibility index (Phi) is 7.77. The molecule has 78 valence electrons. The zero-order valence-corrected chi connectivity index (χ0v) is 11.4. The molecule has 0 radical (unpaired) electrons. The molecule has 0 unspecified atom stereocenters. The minimum absolute atomic E-state index is 0. The van der Waals surface area contributed by atoms with Gasteiger partial charge in [0.25, 0.3) is 5.91 Å². The Balaban J connectivity index is -0.000000720. The molecular weight excluding hydrogens is 217 g/mol. The standard InChI is InChI=1S/C7H13NO4S.Na.H/c1-5(2)4-12-13(10,11)6(3)7(8)9;;/h5H,3-4H2,1-2H3,(H2,8,9);;/q;+1;-1. The molecule has 5 nitrogen and oxygen atoms in total. The Hall–Kier alpha value is 0.120. The maximum Gasteiger partial charge on any atom is 1.00 e. The fourth-order valence-corrected chi connectivity index (χ4v) is 1.26. The minimum atomic E-state index is -4.02. The number of carbonyl (C=O) groups is 1. The molecule has 0 aliphatic carbocycles. The van der Waals surface area contributed by atoms with Gasteiger partial charge in [0.2, 0.25) is 0 Å². The molecule has 0 aromatic rings. The van der Waals surface area contributed by atoms with Crippen molar-refractivity contribution in [3.8, 4) is 0 Å². The van der Waals surface area contributed by atoms with E-state index in [0.29, 0.717) is 0 Å². The Morgan fingerprint density at radius 1 is 1.57 bits per heavy atom. The van der Waals surface area contributed by atoms with Gasteiger partial charge in [0, 0.05) is 0 Å². The van der Waals surface area contributed by atoms with Crippen LogP contribution in [0.4, 0.5) is 0 Å². The number of primary amides is 1. The third-order valence-corrected chi connectivity index (χ3v) is 2.38.